The van der Waals surface area contributed by atoms with Gasteiger partial charge in [-0.3, -0.25) is 14.3 Å². The van der Waals surface area contributed by atoms with Crippen molar-refractivity contribution in [3.8, 4) is 0 Å². The SMILES string of the molecule is C[C@H](NC(=O)c1ccc2cnn(C)c2c1)C(=O)N1CCC2(CC1)CC2. The van der Waals surface area contributed by atoms with Gasteiger partial charge in [0, 0.05) is 31.1 Å². The Balaban J connectivity index is 1.40. The predicted molar refractivity (Wildman–Crippen MR) is 95.1 cm³/mol. The molecular formula is C19H24N4O2. The van der Waals surface area contributed by atoms with E-state index in [1.807, 2.05) is 24.1 Å². The summed E-state index contributed by atoms with van der Waals surface area (Å²) in [6, 6.07) is 4.95. The second kappa shape index (κ2) is 5.86. The number of hydrogen-bond acceptors (Lipinski definition) is 3. The highest BCUT2D eigenvalue weighted by atomic mass is 16.2. The molecule has 4 rings (SSSR count). The van der Waals surface area contributed by atoms with Crippen LogP contribution in [0, 0.1) is 5.41 Å². The van der Waals surface area contributed by atoms with Gasteiger partial charge in [0.1, 0.15) is 6.04 Å². The molecule has 1 aliphatic carbocycles. The molecule has 25 heavy (non-hydrogen) atoms. The van der Waals surface area contributed by atoms with Gasteiger partial charge in [-0.25, -0.2) is 0 Å². The summed E-state index contributed by atoms with van der Waals surface area (Å²) in [4.78, 5) is 27.0. The summed E-state index contributed by atoms with van der Waals surface area (Å²) >= 11 is 0. The molecule has 132 valence electrons. The highest BCUT2D eigenvalue weighted by Crippen LogP contribution is 2.53. The van der Waals surface area contributed by atoms with Crippen LogP contribution in [-0.4, -0.2) is 45.6 Å². The third-order valence-electron chi connectivity index (χ3n) is 5.82. The van der Waals surface area contributed by atoms with Crippen LogP contribution in [0.25, 0.3) is 10.9 Å². The first kappa shape index (κ1) is 16.1. The van der Waals surface area contributed by atoms with E-state index < -0.39 is 6.04 Å². The lowest BCUT2D eigenvalue weighted by Gasteiger charge is -2.33. The van der Waals surface area contributed by atoms with Crippen LogP contribution >= 0.6 is 0 Å². The van der Waals surface area contributed by atoms with Crippen molar-refractivity contribution in [3.05, 3.63) is 30.0 Å². The number of piperidine rings is 1. The number of fused-ring (bicyclic) bond motifs is 1. The molecule has 6 heteroatoms. The normalized spacial score (nSPS) is 19.8. The van der Waals surface area contributed by atoms with Crippen molar-refractivity contribution in [1.29, 1.82) is 0 Å². The number of benzene rings is 1. The molecule has 2 aromatic rings. The smallest absolute Gasteiger partial charge is 0.251 e. The fourth-order valence-corrected chi connectivity index (χ4v) is 3.78. The summed E-state index contributed by atoms with van der Waals surface area (Å²) < 4.78 is 1.74. The number of aromatic nitrogens is 2. The van der Waals surface area contributed by atoms with Gasteiger partial charge in [-0.2, -0.15) is 5.10 Å². The van der Waals surface area contributed by atoms with E-state index >= 15 is 0 Å². The quantitative estimate of drug-likeness (QED) is 0.930. The number of likely N-dealkylation sites (tertiary alicyclic amines) is 1. The largest absolute Gasteiger partial charge is 0.341 e. The van der Waals surface area contributed by atoms with E-state index in [4.69, 9.17) is 0 Å². The fraction of sp³-hybridized carbons (Fsp3) is 0.526. The average molecular weight is 340 g/mol. The molecule has 1 N–H and O–H groups in total. The Hall–Kier alpha value is -2.37. The second-order valence-electron chi connectivity index (χ2n) is 7.56. The minimum atomic E-state index is -0.511. The zero-order valence-corrected chi connectivity index (χ0v) is 14.8. The van der Waals surface area contributed by atoms with Crippen molar-refractivity contribution >= 4 is 22.7 Å². The fourth-order valence-electron chi connectivity index (χ4n) is 3.78. The number of nitrogens with zero attached hydrogens (tertiary/aromatic N) is 3. The van der Waals surface area contributed by atoms with Gasteiger partial charge in [0.05, 0.1) is 11.7 Å². The maximum absolute atomic E-state index is 12.6. The zero-order chi connectivity index (χ0) is 17.6. The summed E-state index contributed by atoms with van der Waals surface area (Å²) in [5.41, 5.74) is 1.99. The van der Waals surface area contributed by atoms with E-state index in [2.05, 4.69) is 10.4 Å². The summed E-state index contributed by atoms with van der Waals surface area (Å²) in [6.07, 6.45) is 6.62. The summed E-state index contributed by atoms with van der Waals surface area (Å²) in [5, 5.41) is 8.02. The van der Waals surface area contributed by atoms with E-state index in [1.54, 1.807) is 23.9 Å². The van der Waals surface area contributed by atoms with Crippen LogP contribution in [0.5, 0.6) is 0 Å². The van der Waals surface area contributed by atoms with Gasteiger partial charge < -0.3 is 10.2 Å². The number of amides is 2. The Bertz CT molecular complexity index is 827. The van der Waals surface area contributed by atoms with Crippen LogP contribution in [0.1, 0.15) is 43.0 Å². The van der Waals surface area contributed by atoms with Crippen LogP contribution in [0.4, 0.5) is 0 Å². The number of carbonyl (C=O) groups is 2. The first-order valence-electron chi connectivity index (χ1n) is 8.99. The number of nitrogens with one attached hydrogen (secondary N) is 1. The summed E-state index contributed by atoms with van der Waals surface area (Å²) in [7, 11) is 1.85. The highest BCUT2D eigenvalue weighted by molar-refractivity contribution is 6.00. The summed E-state index contributed by atoms with van der Waals surface area (Å²) in [5.74, 6) is -0.204. The number of aryl methyl sites for hydroxylation is 1. The van der Waals surface area contributed by atoms with Crippen molar-refractivity contribution in [3.63, 3.8) is 0 Å². The van der Waals surface area contributed by atoms with E-state index in [0.717, 1.165) is 36.8 Å². The number of rotatable bonds is 3. The van der Waals surface area contributed by atoms with Crippen molar-refractivity contribution in [2.75, 3.05) is 13.1 Å². The Kier molecular flexibility index (Phi) is 3.78. The Morgan fingerprint density at radius 3 is 2.60 bits per heavy atom. The minimum Gasteiger partial charge on any atom is -0.341 e. The third kappa shape index (κ3) is 3.01. The molecule has 1 spiro atoms. The Morgan fingerprint density at radius 1 is 1.20 bits per heavy atom. The van der Waals surface area contributed by atoms with E-state index in [0.29, 0.717) is 11.0 Å². The zero-order valence-electron chi connectivity index (χ0n) is 14.8. The van der Waals surface area contributed by atoms with Gasteiger partial charge in [-0.15, -0.1) is 0 Å². The van der Waals surface area contributed by atoms with E-state index in [1.165, 1.54) is 12.8 Å². The van der Waals surface area contributed by atoms with Crippen molar-refractivity contribution in [2.24, 2.45) is 12.5 Å². The van der Waals surface area contributed by atoms with E-state index in [-0.39, 0.29) is 11.8 Å². The van der Waals surface area contributed by atoms with Crippen LogP contribution in [0.3, 0.4) is 0 Å². The van der Waals surface area contributed by atoms with Crippen LogP contribution in [-0.2, 0) is 11.8 Å². The Labute approximate surface area is 147 Å². The lowest BCUT2D eigenvalue weighted by Crippen LogP contribution is -2.49. The van der Waals surface area contributed by atoms with Crippen molar-refractivity contribution in [1.82, 2.24) is 20.0 Å². The van der Waals surface area contributed by atoms with Gasteiger partial charge in [0.25, 0.3) is 5.91 Å². The van der Waals surface area contributed by atoms with Crippen LogP contribution in [0.15, 0.2) is 24.4 Å². The molecule has 6 nitrogen and oxygen atoms in total. The lowest BCUT2D eigenvalue weighted by atomic mass is 9.93. The molecule has 1 saturated heterocycles. The minimum absolute atomic E-state index is 0.0189. The number of carbonyl (C=O) groups excluding carboxylic acids is 2. The Morgan fingerprint density at radius 2 is 1.92 bits per heavy atom. The topological polar surface area (TPSA) is 67.2 Å². The van der Waals surface area contributed by atoms with Crippen LogP contribution < -0.4 is 5.32 Å². The molecule has 1 aromatic heterocycles. The first-order valence-corrected chi connectivity index (χ1v) is 8.99. The molecule has 1 aliphatic heterocycles. The second-order valence-corrected chi connectivity index (χ2v) is 7.56. The maximum atomic E-state index is 12.6. The van der Waals surface area contributed by atoms with Crippen molar-refractivity contribution in [2.45, 2.75) is 38.6 Å². The number of hydrogen-bond donors (Lipinski definition) is 1. The average Bonchev–Trinajstić information content (AvgIpc) is 3.27. The summed E-state index contributed by atoms with van der Waals surface area (Å²) in [6.45, 7) is 3.41. The highest BCUT2D eigenvalue weighted by Gasteiger charge is 2.45. The molecule has 2 aliphatic rings. The monoisotopic (exact) mass is 340 g/mol. The molecule has 0 unspecified atom stereocenters. The molecule has 1 aromatic carbocycles. The molecule has 1 saturated carbocycles. The molecule has 1 atom stereocenters. The standard InChI is InChI=1S/C19H24N4O2/c1-13(18(25)23-9-7-19(5-6-19)8-10-23)21-17(24)14-3-4-15-12-20-22(2)16(15)11-14/h3-4,11-13H,5-10H2,1-2H3,(H,21,24)/t13-/m0/s1. The lowest BCUT2D eigenvalue weighted by molar-refractivity contribution is -0.134. The molecule has 2 fully saturated rings. The van der Waals surface area contributed by atoms with E-state index in [9.17, 15) is 9.59 Å². The third-order valence-corrected chi connectivity index (χ3v) is 5.82. The molecular weight excluding hydrogens is 316 g/mol. The van der Waals surface area contributed by atoms with Crippen molar-refractivity contribution < 1.29 is 9.59 Å². The predicted octanol–water partition coefficient (Wildman–Crippen LogP) is 2.09. The van der Waals surface area contributed by atoms with Gasteiger partial charge >= 0.3 is 0 Å². The van der Waals surface area contributed by atoms with Gasteiger partial charge in [-0.1, -0.05) is 6.07 Å². The van der Waals surface area contributed by atoms with Gasteiger partial charge in [0.2, 0.25) is 5.91 Å². The van der Waals surface area contributed by atoms with Crippen LogP contribution in [0.2, 0.25) is 0 Å². The van der Waals surface area contributed by atoms with Gasteiger partial charge in [0.15, 0.2) is 0 Å². The molecule has 2 amide bonds. The van der Waals surface area contributed by atoms with Gasteiger partial charge in [-0.05, 0) is 50.2 Å². The maximum Gasteiger partial charge on any atom is 0.251 e. The molecule has 0 bridgehead atoms. The molecule has 2 heterocycles. The first-order chi connectivity index (χ1) is 12.0. The molecule has 0 radical (unpaired) electrons.